The molecule has 128 valence electrons. The normalized spacial score (nSPS) is 15.3. The summed E-state index contributed by atoms with van der Waals surface area (Å²) in [5.41, 5.74) is 5.82. The predicted molar refractivity (Wildman–Crippen MR) is 98.9 cm³/mol. The van der Waals surface area contributed by atoms with Crippen molar-refractivity contribution in [2.75, 3.05) is 7.11 Å². The number of benzene rings is 2. The van der Waals surface area contributed by atoms with Crippen molar-refractivity contribution in [3.63, 3.8) is 0 Å². The third-order valence-corrected chi connectivity index (χ3v) is 4.20. The van der Waals surface area contributed by atoms with Gasteiger partial charge in [0.15, 0.2) is 5.70 Å². The van der Waals surface area contributed by atoms with Crippen molar-refractivity contribution in [3.05, 3.63) is 69.9 Å². The number of carbonyl (C=O) groups excluding carboxylic acids is 1. The van der Waals surface area contributed by atoms with E-state index in [2.05, 4.69) is 24.0 Å². The molecule has 25 heavy (non-hydrogen) atoms. The Balaban J connectivity index is 1.84. The molecule has 0 bridgehead atoms. The first kappa shape index (κ1) is 17.0. The molecule has 4 heteroatoms. The second-order valence-corrected chi connectivity index (χ2v) is 6.26. The Bertz CT molecular complexity index is 854. The number of cyclic esters (lactones) is 1. The molecule has 0 saturated carbocycles. The van der Waals surface area contributed by atoms with Crippen LogP contribution in [0.5, 0.6) is 5.75 Å². The summed E-state index contributed by atoms with van der Waals surface area (Å²) in [5.74, 6) is 0.812. The lowest BCUT2D eigenvalue weighted by molar-refractivity contribution is -0.130. The van der Waals surface area contributed by atoms with Crippen molar-refractivity contribution >= 4 is 17.9 Å². The molecule has 0 fully saturated rings. The Labute approximate surface area is 147 Å². The number of ether oxygens (including phenoxy) is 2. The first-order valence-corrected chi connectivity index (χ1v) is 8.18. The Morgan fingerprint density at radius 1 is 1.08 bits per heavy atom. The zero-order chi connectivity index (χ0) is 18.0. The molecule has 3 rings (SSSR count). The van der Waals surface area contributed by atoms with Crippen LogP contribution in [0.3, 0.4) is 0 Å². The van der Waals surface area contributed by atoms with E-state index in [4.69, 9.17) is 9.47 Å². The highest BCUT2D eigenvalue weighted by molar-refractivity contribution is 6.07. The maximum atomic E-state index is 12.1. The van der Waals surface area contributed by atoms with Crippen LogP contribution in [0.1, 0.15) is 27.8 Å². The van der Waals surface area contributed by atoms with Crippen LogP contribution >= 0.6 is 0 Å². The summed E-state index contributed by atoms with van der Waals surface area (Å²) in [5, 5.41) is 0. The first-order valence-electron chi connectivity index (χ1n) is 8.18. The van der Waals surface area contributed by atoms with Gasteiger partial charge in [-0.05, 0) is 61.2 Å². The lowest BCUT2D eigenvalue weighted by Gasteiger charge is -2.07. The lowest BCUT2D eigenvalue weighted by atomic mass is 9.99. The highest BCUT2D eigenvalue weighted by Crippen LogP contribution is 2.23. The summed E-state index contributed by atoms with van der Waals surface area (Å²) in [6.45, 7) is 6.13. The average Bonchev–Trinajstić information content (AvgIpc) is 2.91. The van der Waals surface area contributed by atoms with Crippen LogP contribution in [0, 0.1) is 20.8 Å². The van der Waals surface area contributed by atoms with Crippen LogP contribution in [-0.4, -0.2) is 19.0 Å². The van der Waals surface area contributed by atoms with Crippen molar-refractivity contribution in [1.29, 1.82) is 0 Å². The van der Waals surface area contributed by atoms with Crippen LogP contribution in [0.4, 0.5) is 0 Å². The van der Waals surface area contributed by atoms with Gasteiger partial charge in [0.2, 0.25) is 5.90 Å². The van der Waals surface area contributed by atoms with Crippen LogP contribution < -0.4 is 4.74 Å². The van der Waals surface area contributed by atoms with Crippen molar-refractivity contribution in [2.24, 2.45) is 4.99 Å². The Hall–Kier alpha value is -2.88. The summed E-state index contributed by atoms with van der Waals surface area (Å²) in [6.07, 6.45) is 2.28. The second-order valence-electron chi connectivity index (χ2n) is 6.26. The fourth-order valence-corrected chi connectivity index (χ4v) is 3.00. The van der Waals surface area contributed by atoms with E-state index in [-0.39, 0.29) is 0 Å². The second kappa shape index (κ2) is 6.93. The summed E-state index contributed by atoms with van der Waals surface area (Å²) in [4.78, 5) is 16.5. The zero-order valence-electron chi connectivity index (χ0n) is 14.9. The quantitative estimate of drug-likeness (QED) is 0.623. The van der Waals surface area contributed by atoms with E-state index in [9.17, 15) is 4.79 Å². The number of carbonyl (C=O) groups is 1. The minimum atomic E-state index is -0.400. The van der Waals surface area contributed by atoms with Gasteiger partial charge in [-0.2, -0.15) is 0 Å². The summed E-state index contributed by atoms with van der Waals surface area (Å²) < 4.78 is 10.5. The molecule has 4 nitrogen and oxygen atoms in total. The maximum absolute atomic E-state index is 12.1. The molecule has 1 aliphatic rings. The van der Waals surface area contributed by atoms with E-state index in [0.717, 1.165) is 28.0 Å². The van der Waals surface area contributed by atoms with E-state index >= 15 is 0 Å². The number of rotatable bonds is 4. The molecule has 0 unspecified atom stereocenters. The van der Waals surface area contributed by atoms with Gasteiger partial charge in [-0.1, -0.05) is 29.8 Å². The fraction of sp³-hybridized carbons (Fsp3) is 0.238. The summed E-state index contributed by atoms with van der Waals surface area (Å²) in [6, 6.07) is 11.8. The van der Waals surface area contributed by atoms with E-state index in [1.807, 2.05) is 44.2 Å². The van der Waals surface area contributed by atoms with Gasteiger partial charge in [0.25, 0.3) is 0 Å². The molecule has 0 aliphatic carbocycles. The predicted octanol–water partition coefficient (Wildman–Crippen LogP) is 4.16. The van der Waals surface area contributed by atoms with Crippen molar-refractivity contribution < 1.29 is 14.3 Å². The van der Waals surface area contributed by atoms with E-state index < -0.39 is 5.97 Å². The molecule has 2 aromatic rings. The standard InChI is InChI=1S/C21H21NO3/c1-13-9-14(2)18(15(3)10-13)12-19-21(23)25-20(22-19)11-16-5-7-17(24-4)8-6-16/h5-10,12H,11H2,1-4H3/b19-12-. The molecule has 0 radical (unpaired) electrons. The van der Waals surface area contributed by atoms with Crippen LogP contribution in [-0.2, 0) is 16.0 Å². The first-order chi connectivity index (χ1) is 12.0. The molecule has 0 amide bonds. The molecule has 0 atom stereocenters. The van der Waals surface area contributed by atoms with Crippen LogP contribution in [0.2, 0.25) is 0 Å². The number of nitrogens with zero attached hydrogens (tertiary/aromatic N) is 1. The molecule has 1 aliphatic heterocycles. The molecule has 1 heterocycles. The third kappa shape index (κ3) is 3.79. The molecular formula is C21H21NO3. The van der Waals surface area contributed by atoms with E-state index in [0.29, 0.717) is 18.0 Å². The largest absolute Gasteiger partial charge is 0.497 e. The van der Waals surface area contributed by atoms with Crippen molar-refractivity contribution in [1.82, 2.24) is 0 Å². The number of hydrogen-bond acceptors (Lipinski definition) is 4. The molecule has 0 saturated heterocycles. The molecule has 0 spiro atoms. The SMILES string of the molecule is COc1ccc(CC2=N/C(=C\c3c(C)cc(C)cc3C)C(=O)O2)cc1. The third-order valence-electron chi connectivity index (χ3n) is 4.20. The number of aliphatic imine (C=N–C) groups is 1. The summed E-state index contributed by atoms with van der Waals surface area (Å²) >= 11 is 0. The smallest absolute Gasteiger partial charge is 0.363 e. The molecule has 0 aromatic heterocycles. The van der Waals surface area contributed by atoms with Crippen LogP contribution in [0.15, 0.2) is 47.1 Å². The minimum Gasteiger partial charge on any atom is -0.497 e. The van der Waals surface area contributed by atoms with Crippen LogP contribution in [0.25, 0.3) is 6.08 Å². The van der Waals surface area contributed by atoms with Crippen molar-refractivity contribution in [2.45, 2.75) is 27.2 Å². The lowest BCUT2D eigenvalue weighted by Crippen LogP contribution is -2.07. The highest BCUT2D eigenvalue weighted by atomic mass is 16.6. The summed E-state index contributed by atoms with van der Waals surface area (Å²) in [7, 11) is 1.63. The number of aryl methyl sites for hydroxylation is 3. The Kier molecular flexibility index (Phi) is 4.70. The van der Waals surface area contributed by atoms with Gasteiger partial charge in [-0.15, -0.1) is 0 Å². The zero-order valence-corrected chi connectivity index (χ0v) is 14.9. The Morgan fingerprint density at radius 3 is 2.32 bits per heavy atom. The maximum Gasteiger partial charge on any atom is 0.363 e. The highest BCUT2D eigenvalue weighted by Gasteiger charge is 2.23. The van der Waals surface area contributed by atoms with Gasteiger partial charge in [0.05, 0.1) is 7.11 Å². The fourth-order valence-electron chi connectivity index (χ4n) is 3.00. The molecule has 0 N–H and O–H groups in total. The monoisotopic (exact) mass is 335 g/mol. The van der Waals surface area contributed by atoms with Gasteiger partial charge in [-0.3, -0.25) is 0 Å². The number of esters is 1. The van der Waals surface area contributed by atoms with E-state index in [1.54, 1.807) is 7.11 Å². The average molecular weight is 335 g/mol. The van der Waals surface area contributed by atoms with Gasteiger partial charge < -0.3 is 9.47 Å². The topological polar surface area (TPSA) is 47.9 Å². The van der Waals surface area contributed by atoms with Gasteiger partial charge in [-0.25, -0.2) is 9.79 Å². The number of hydrogen-bond donors (Lipinski definition) is 0. The molecular weight excluding hydrogens is 314 g/mol. The van der Waals surface area contributed by atoms with Gasteiger partial charge in [0, 0.05) is 6.42 Å². The number of methoxy groups -OCH3 is 1. The van der Waals surface area contributed by atoms with Gasteiger partial charge >= 0.3 is 5.97 Å². The van der Waals surface area contributed by atoms with E-state index in [1.165, 1.54) is 5.56 Å². The molecule has 2 aromatic carbocycles. The van der Waals surface area contributed by atoms with Crippen molar-refractivity contribution in [3.8, 4) is 5.75 Å². The Morgan fingerprint density at radius 2 is 1.72 bits per heavy atom. The van der Waals surface area contributed by atoms with Gasteiger partial charge in [0.1, 0.15) is 5.75 Å². The minimum absolute atomic E-state index is 0.346.